The number of hydrogen-bond acceptors (Lipinski definition) is 8. The van der Waals surface area contributed by atoms with E-state index in [1.54, 1.807) is 24.3 Å². The van der Waals surface area contributed by atoms with Crippen molar-refractivity contribution < 1.29 is 28.5 Å². The van der Waals surface area contributed by atoms with Crippen molar-refractivity contribution in [2.45, 2.75) is 155 Å². The summed E-state index contributed by atoms with van der Waals surface area (Å²) in [5.74, 6) is 0.230. The van der Waals surface area contributed by atoms with Crippen molar-refractivity contribution in [3.05, 3.63) is 69.0 Å². The lowest BCUT2D eigenvalue weighted by atomic mass is 10.1. The lowest BCUT2D eigenvalue weighted by Crippen LogP contribution is -2.12. The minimum Gasteiger partial charge on any atom is -0.494 e. The van der Waals surface area contributed by atoms with Crippen molar-refractivity contribution >= 4 is 11.9 Å². The van der Waals surface area contributed by atoms with E-state index in [0.29, 0.717) is 50.4 Å². The Kier molecular flexibility index (Phi) is 23.8. The molecule has 0 aromatic heterocycles. The summed E-state index contributed by atoms with van der Waals surface area (Å²) in [4.78, 5) is 49.4. The first-order valence-electron chi connectivity index (χ1n) is 19.4. The second kappa shape index (κ2) is 28.1. The van der Waals surface area contributed by atoms with Crippen molar-refractivity contribution in [3.63, 3.8) is 0 Å². The van der Waals surface area contributed by atoms with Crippen LogP contribution in [0, 0.1) is 0 Å². The maximum atomic E-state index is 12.4. The van der Waals surface area contributed by atoms with Crippen LogP contribution in [0.2, 0.25) is 0 Å². The van der Waals surface area contributed by atoms with Crippen LogP contribution in [0.5, 0.6) is 23.0 Å². The highest BCUT2D eigenvalue weighted by Gasteiger charge is 2.09. The minimum absolute atomic E-state index is 0.00293. The molecule has 8 nitrogen and oxygen atoms in total. The van der Waals surface area contributed by atoms with Gasteiger partial charge in [0.1, 0.15) is 11.5 Å². The van der Waals surface area contributed by atoms with Crippen LogP contribution in [-0.2, 0) is 9.59 Å². The fraction of sp³-hybridized carbons (Fsp3) is 0.619. The van der Waals surface area contributed by atoms with Crippen LogP contribution in [0.4, 0.5) is 0 Å². The van der Waals surface area contributed by atoms with Crippen LogP contribution in [0.15, 0.2) is 58.1 Å². The highest BCUT2D eigenvalue weighted by Crippen LogP contribution is 2.16. The summed E-state index contributed by atoms with van der Waals surface area (Å²) in [7, 11) is 0. The Morgan fingerprint density at radius 2 is 0.740 bits per heavy atom. The lowest BCUT2D eigenvalue weighted by molar-refractivity contribution is -0.135. The third kappa shape index (κ3) is 20.7. The maximum Gasteiger partial charge on any atom is 0.311 e. The molecule has 2 rings (SSSR count). The number of rotatable bonds is 29. The standard InChI is InChI=1S/C42H62O8/c1-3-5-7-9-11-13-15-17-19-23-41(45)49-39-31-27-35(25-29-37(39)43)47-33-21-22-34-48-36-26-30-38(44)40(32-28-36)50-42(46)24-20-18-16-14-12-10-8-6-4-2/h25-32H,3-24,33-34H2,1-2H3. The van der Waals surface area contributed by atoms with E-state index in [2.05, 4.69) is 13.8 Å². The highest BCUT2D eigenvalue weighted by atomic mass is 16.5. The lowest BCUT2D eigenvalue weighted by Gasteiger charge is -2.06. The molecule has 8 heteroatoms. The Labute approximate surface area is 300 Å². The molecule has 0 spiro atoms. The number of esters is 2. The monoisotopic (exact) mass is 694 g/mol. The van der Waals surface area contributed by atoms with E-state index in [-0.39, 0.29) is 22.4 Å². The molecule has 0 aliphatic heterocycles. The SMILES string of the molecule is CCCCCCCCCCCC(=O)Oc1ccc(OCCCCOc2ccc(OC(=O)CCCCCCCCCCC)c(=O)cc2)ccc1=O. The first-order chi connectivity index (χ1) is 24.4. The van der Waals surface area contributed by atoms with Gasteiger partial charge < -0.3 is 18.9 Å². The number of unbranched alkanes of at least 4 members (excludes halogenated alkanes) is 17. The van der Waals surface area contributed by atoms with Gasteiger partial charge in [0.2, 0.25) is 10.9 Å². The molecule has 50 heavy (non-hydrogen) atoms. The Balaban J connectivity index is 1.62. The Bertz CT molecular complexity index is 1240. The molecule has 0 unspecified atom stereocenters. The molecule has 278 valence electrons. The number of carbonyl (C=O) groups excluding carboxylic acids is 2. The molecule has 0 saturated carbocycles. The molecule has 0 bridgehead atoms. The van der Waals surface area contributed by atoms with Crippen molar-refractivity contribution in [1.29, 1.82) is 0 Å². The van der Waals surface area contributed by atoms with Crippen molar-refractivity contribution in [2.24, 2.45) is 0 Å². The molecule has 0 fully saturated rings. The zero-order valence-electron chi connectivity index (χ0n) is 30.9. The molecule has 0 radical (unpaired) electrons. The van der Waals surface area contributed by atoms with Gasteiger partial charge >= 0.3 is 11.9 Å². The van der Waals surface area contributed by atoms with E-state index < -0.39 is 11.9 Å². The van der Waals surface area contributed by atoms with E-state index in [4.69, 9.17) is 18.9 Å². The van der Waals surface area contributed by atoms with Crippen LogP contribution < -0.4 is 29.8 Å². The molecule has 0 aliphatic rings. The van der Waals surface area contributed by atoms with Gasteiger partial charge in [-0.2, -0.15) is 0 Å². The topological polar surface area (TPSA) is 105 Å². The van der Waals surface area contributed by atoms with Crippen LogP contribution in [0.1, 0.15) is 155 Å². The van der Waals surface area contributed by atoms with E-state index in [0.717, 1.165) is 38.5 Å². The molecule has 2 aromatic rings. The summed E-state index contributed by atoms with van der Waals surface area (Å²) >= 11 is 0. The van der Waals surface area contributed by atoms with Gasteiger partial charge in [0.25, 0.3) is 0 Å². The van der Waals surface area contributed by atoms with Crippen LogP contribution in [-0.4, -0.2) is 25.2 Å². The average molecular weight is 695 g/mol. The zero-order chi connectivity index (χ0) is 36.1. The summed E-state index contributed by atoms with van der Waals surface area (Å²) in [6.45, 7) is 5.24. The zero-order valence-corrected chi connectivity index (χ0v) is 30.9. The van der Waals surface area contributed by atoms with Gasteiger partial charge in [-0.1, -0.05) is 117 Å². The molecule has 0 amide bonds. The van der Waals surface area contributed by atoms with Crippen molar-refractivity contribution in [2.75, 3.05) is 13.2 Å². The summed E-state index contributed by atoms with van der Waals surface area (Å²) in [6.07, 6.45) is 22.9. The number of ether oxygens (including phenoxy) is 4. The smallest absolute Gasteiger partial charge is 0.311 e. The van der Waals surface area contributed by atoms with Crippen molar-refractivity contribution in [1.82, 2.24) is 0 Å². The first kappa shape index (κ1) is 42.5. The largest absolute Gasteiger partial charge is 0.494 e. The molecule has 2 aromatic carbocycles. The molecule has 0 saturated heterocycles. The molecular formula is C42H62O8. The Morgan fingerprint density at radius 1 is 0.420 bits per heavy atom. The van der Waals surface area contributed by atoms with Gasteiger partial charge in [0.15, 0.2) is 11.5 Å². The second-order valence-corrected chi connectivity index (χ2v) is 13.1. The Hall–Kier alpha value is -3.68. The summed E-state index contributed by atoms with van der Waals surface area (Å²) in [5.41, 5.74) is -0.745. The second-order valence-electron chi connectivity index (χ2n) is 13.1. The quantitative estimate of drug-likeness (QED) is 0.0612. The van der Waals surface area contributed by atoms with E-state index in [1.807, 2.05) is 0 Å². The molecule has 0 aliphatic carbocycles. The predicted molar refractivity (Wildman–Crippen MR) is 201 cm³/mol. The molecular weight excluding hydrogens is 632 g/mol. The van der Waals surface area contributed by atoms with Gasteiger partial charge in [0, 0.05) is 12.8 Å². The minimum atomic E-state index is -0.390. The first-order valence-corrected chi connectivity index (χ1v) is 19.4. The molecule has 0 N–H and O–H groups in total. The van der Waals surface area contributed by atoms with Gasteiger partial charge in [-0.15, -0.1) is 0 Å². The normalized spacial score (nSPS) is 10.8. The number of hydrogen-bond donors (Lipinski definition) is 0. The van der Waals surface area contributed by atoms with Gasteiger partial charge in [-0.25, -0.2) is 0 Å². The summed E-state index contributed by atoms with van der Waals surface area (Å²) in [5, 5.41) is 0. The van der Waals surface area contributed by atoms with Crippen LogP contribution >= 0.6 is 0 Å². The van der Waals surface area contributed by atoms with Gasteiger partial charge in [-0.3, -0.25) is 19.2 Å². The average Bonchev–Trinajstić information content (AvgIpc) is 3.39. The van der Waals surface area contributed by atoms with E-state index in [1.165, 1.54) is 101 Å². The van der Waals surface area contributed by atoms with Gasteiger partial charge in [-0.05, 0) is 74.2 Å². The fourth-order valence-corrected chi connectivity index (χ4v) is 5.52. The summed E-state index contributed by atoms with van der Waals surface area (Å²) in [6, 6.07) is 12.1. The Morgan fingerprint density at radius 3 is 1.10 bits per heavy atom. The van der Waals surface area contributed by atoms with Gasteiger partial charge in [0.05, 0.1) is 13.2 Å². The maximum absolute atomic E-state index is 12.4. The predicted octanol–water partition coefficient (Wildman–Crippen LogP) is 10.3. The van der Waals surface area contributed by atoms with E-state index >= 15 is 0 Å². The number of carbonyl (C=O) groups is 2. The summed E-state index contributed by atoms with van der Waals surface area (Å²) < 4.78 is 22.3. The molecule has 0 atom stereocenters. The highest BCUT2D eigenvalue weighted by molar-refractivity contribution is 5.72. The molecule has 0 heterocycles. The third-order valence-corrected chi connectivity index (χ3v) is 8.57. The third-order valence-electron chi connectivity index (χ3n) is 8.57. The van der Waals surface area contributed by atoms with Crippen LogP contribution in [0.25, 0.3) is 0 Å². The van der Waals surface area contributed by atoms with E-state index in [9.17, 15) is 19.2 Å². The van der Waals surface area contributed by atoms with Crippen molar-refractivity contribution in [3.8, 4) is 23.0 Å². The fourth-order valence-electron chi connectivity index (χ4n) is 5.52. The van der Waals surface area contributed by atoms with Crippen LogP contribution in [0.3, 0.4) is 0 Å².